The van der Waals surface area contributed by atoms with Crippen molar-refractivity contribution in [1.29, 1.82) is 0 Å². The lowest BCUT2D eigenvalue weighted by molar-refractivity contribution is -0.109. The molecule has 132 valence electrons. The lowest BCUT2D eigenvalue weighted by atomic mass is 10.1. The molecule has 0 N–H and O–H groups in total. The van der Waals surface area contributed by atoms with Gasteiger partial charge >= 0.3 is 10.2 Å². The van der Waals surface area contributed by atoms with Gasteiger partial charge in [-0.05, 0) is 30.3 Å². The Morgan fingerprint density at radius 2 is 1.67 bits per heavy atom. The van der Waals surface area contributed by atoms with Crippen molar-refractivity contribution >= 4 is 22.2 Å². The van der Waals surface area contributed by atoms with Gasteiger partial charge in [-0.15, -0.1) is 0 Å². The van der Waals surface area contributed by atoms with Crippen LogP contribution in [0.25, 0.3) is 0 Å². The molecule has 1 heterocycles. The monoisotopic (exact) mass is 370 g/mol. The molecule has 2 aromatic rings. The number of hydrogen-bond acceptors (Lipinski definition) is 3. The fourth-order valence-corrected chi connectivity index (χ4v) is 2.73. The van der Waals surface area contributed by atoms with Gasteiger partial charge in [0.05, 0.1) is 6.20 Å². The standard InChI is InChI=1S/C14H12F6N2OS/c1-22(14(9-23)10-6-11(15)8-21-7-10)12-2-4-13(5-3-12)24(16,17,18,19)20/h2-9,14H,1H3. The van der Waals surface area contributed by atoms with Gasteiger partial charge in [-0.1, -0.05) is 19.4 Å². The summed E-state index contributed by atoms with van der Waals surface area (Å²) >= 11 is 0. The lowest BCUT2D eigenvalue weighted by Crippen LogP contribution is -2.25. The van der Waals surface area contributed by atoms with E-state index in [1.54, 1.807) is 0 Å². The molecule has 10 heteroatoms. The van der Waals surface area contributed by atoms with E-state index in [4.69, 9.17) is 0 Å². The largest absolute Gasteiger partial charge is 0.361 e. The van der Waals surface area contributed by atoms with E-state index in [0.717, 1.165) is 24.4 Å². The van der Waals surface area contributed by atoms with Crippen LogP contribution in [0.2, 0.25) is 0 Å². The summed E-state index contributed by atoms with van der Waals surface area (Å²) in [5.41, 5.74) is 0.242. The van der Waals surface area contributed by atoms with Crippen molar-refractivity contribution in [3.8, 4) is 0 Å². The minimum Gasteiger partial charge on any atom is -0.361 e. The van der Waals surface area contributed by atoms with Crippen LogP contribution < -0.4 is 4.90 Å². The Kier molecular flexibility index (Phi) is 3.87. The van der Waals surface area contributed by atoms with Crippen molar-refractivity contribution in [1.82, 2.24) is 4.98 Å². The molecule has 2 rings (SSSR count). The van der Waals surface area contributed by atoms with E-state index in [9.17, 15) is 28.6 Å². The molecular formula is C14H12F6N2OS. The molecule has 24 heavy (non-hydrogen) atoms. The molecule has 1 unspecified atom stereocenters. The molecule has 3 nitrogen and oxygen atoms in total. The summed E-state index contributed by atoms with van der Waals surface area (Å²) in [4.78, 5) is 14.1. The summed E-state index contributed by atoms with van der Waals surface area (Å²) in [7, 11) is -8.39. The maximum atomic E-state index is 13.2. The highest BCUT2D eigenvalue weighted by Gasteiger charge is 2.65. The van der Waals surface area contributed by atoms with Crippen LogP contribution in [0.1, 0.15) is 11.6 Å². The van der Waals surface area contributed by atoms with Crippen LogP contribution in [0.3, 0.4) is 0 Å². The second kappa shape index (κ2) is 5.13. The van der Waals surface area contributed by atoms with E-state index >= 15 is 0 Å². The zero-order valence-electron chi connectivity index (χ0n) is 12.2. The first kappa shape index (κ1) is 18.1. The number of carbonyl (C=O) groups excluding carboxylic acids is 1. The minimum atomic E-state index is -9.75. The number of halogens is 6. The number of rotatable bonds is 5. The van der Waals surface area contributed by atoms with Crippen molar-refractivity contribution in [3.63, 3.8) is 0 Å². The fraction of sp³-hybridized carbons (Fsp3) is 0.143. The molecule has 0 fully saturated rings. The number of aromatic nitrogens is 1. The van der Waals surface area contributed by atoms with Crippen molar-refractivity contribution in [3.05, 3.63) is 54.1 Å². The Morgan fingerprint density at radius 1 is 1.08 bits per heavy atom. The Bertz CT molecular complexity index is 763. The summed E-state index contributed by atoms with van der Waals surface area (Å²) in [5.74, 6) is -0.691. The second-order valence-electron chi connectivity index (χ2n) is 5.09. The molecular weight excluding hydrogens is 358 g/mol. The molecule has 0 aliphatic carbocycles. The Morgan fingerprint density at radius 3 is 2.12 bits per heavy atom. The number of anilines is 1. The van der Waals surface area contributed by atoms with Gasteiger partial charge < -0.3 is 9.69 Å². The van der Waals surface area contributed by atoms with E-state index in [0.29, 0.717) is 6.29 Å². The Hall–Kier alpha value is -2.23. The SMILES string of the molecule is CN(c1ccc(S(F)(F)(F)(F)F)cc1)C(C=O)c1cncc(F)c1. The Balaban J connectivity index is 2.36. The van der Waals surface area contributed by atoms with Crippen molar-refractivity contribution in [2.24, 2.45) is 0 Å². The molecule has 0 spiro atoms. The number of carbonyl (C=O) groups is 1. The third kappa shape index (κ3) is 3.99. The van der Waals surface area contributed by atoms with Crippen molar-refractivity contribution in [2.75, 3.05) is 11.9 Å². The molecule has 0 aliphatic heterocycles. The van der Waals surface area contributed by atoms with Crippen LogP contribution in [0.15, 0.2) is 47.6 Å². The maximum absolute atomic E-state index is 13.2. The molecule has 1 atom stereocenters. The highest BCUT2D eigenvalue weighted by Crippen LogP contribution is 3.02. The van der Waals surface area contributed by atoms with E-state index in [2.05, 4.69) is 4.98 Å². The quantitative estimate of drug-likeness (QED) is 0.532. The number of nitrogens with zero attached hydrogens (tertiary/aromatic N) is 2. The first-order chi connectivity index (χ1) is 10.8. The number of pyridine rings is 1. The zero-order chi connectivity index (χ0) is 18.2. The minimum absolute atomic E-state index is 0.0713. The smallest absolute Gasteiger partial charge is 0.310 e. The van der Waals surface area contributed by atoms with E-state index in [1.165, 1.54) is 18.1 Å². The van der Waals surface area contributed by atoms with Crippen LogP contribution in [-0.4, -0.2) is 18.3 Å². The van der Waals surface area contributed by atoms with E-state index in [-0.39, 0.29) is 23.4 Å². The normalized spacial score (nSPS) is 16.0. The molecule has 0 aliphatic rings. The molecule has 0 amide bonds. The first-order valence-electron chi connectivity index (χ1n) is 6.44. The van der Waals surface area contributed by atoms with Crippen LogP contribution in [0.5, 0.6) is 0 Å². The van der Waals surface area contributed by atoms with E-state index < -0.39 is 27.0 Å². The lowest BCUT2D eigenvalue weighted by Gasteiger charge is -2.40. The average Bonchev–Trinajstić information content (AvgIpc) is 2.46. The predicted molar refractivity (Wildman–Crippen MR) is 79.2 cm³/mol. The summed E-state index contributed by atoms with van der Waals surface area (Å²) in [6.45, 7) is 0. The fourth-order valence-electron chi connectivity index (χ4n) is 2.08. The van der Waals surface area contributed by atoms with Gasteiger partial charge in [0.1, 0.15) is 23.0 Å². The molecule has 0 bridgehead atoms. The maximum Gasteiger partial charge on any atom is 0.310 e. The first-order valence-corrected chi connectivity index (χ1v) is 8.40. The van der Waals surface area contributed by atoms with Crippen molar-refractivity contribution < 1.29 is 28.6 Å². The van der Waals surface area contributed by atoms with E-state index in [1.807, 2.05) is 0 Å². The summed E-state index contributed by atoms with van der Waals surface area (Å²) < 4.78 is 76.7. The number of benzene rings is 1. The van der Waals surface area contributed by atoms with Crippen LogP contribution >= 0.6 is 10.2 Å². The molecule has 1 aromatic heterocycles. The third-order valence-electron chi connectivity index (χ3n) is 3.30. The highest BCUT2D eigenvalue weighted by atomic mass is 32.5. The number of aldehydes is 1. The molecule has 0 saturated carbocycles. The van der Waals surface area contributed by atoms with Gasteiger partial charge in [-0.2, -0.15) is 0 Å². The van der Waals surface area contributed by atoms with Gasteiger partial charge in [-0.25, -0.2) is 4.39 Å². The van der Waals surface area contributed by atoms with Gasteiger partial charge in [0, 0.05) is 24.5 Å². The molecule has 0 radical (unpaired) electrons. The predicted octanol–water partition coefficient (Wildman–Crippen LogP) is 5.25. The Labute approximate surface area is 133 Å². The summed E-state index contributed by atoms with van der Waals surface area (Å²) in [6.07, 6.45) is 2.59. The number of likely N-dealkylation sites (N-methyl/N-ethyl adjacent to an activating group) is 1. The second-order valence-corrected chi connectivity index (χ2v) is 7.50. The zero-order valence-corrected chi connectivity index (χ0v) is 13.0. The average molecular weight is 370 g/mol. The summed E-state index contributed by atoms with van der Waals surface area (Å²) in [5, 5.41) is 0. The molecule has 1 aromatic carbocycles. The van der Waals surface area contributed by atoms with Gasteiger partial charge in [0.15, 0.2) is 0 Å². The number of hydrogen-bond donors (Lipinski definition) is 0. The van der Waals surface area contributed by atoms with Crippen molar-refractivity contribution in [2.45, 2.75) is 10.9 Å². The third-order valence-corrected chi connectivity index (χ3v) is 4.47. The van der Waals surface area contributed by atoms with Crippen LogP contribution in [0.4, 0.5) is 29.5 Å². The molecule has 0 saturated heterocycles. The van der Waals surface area contributed by atoms with Gasteiger partial charge in [0.25, 0.3) is 0 Å². The topological polar surface area (TPSA) is 33.2 Å². The van der Waals surface area contributed by atoms with Crippen LogP contribution in [0, 0.1) is 5.82 Å². The summed E-state index contributed by atoms with van der Waals surface area (Å²) in [6, 6.07) is 2.13. The highest BCUT2D eigenvalue weighted by molar-refractivity contribution is 8.45. The van der Waals surface area contributed by atoms with Crippen LogP contribution in [-0.2, 0) is 4.79 Å². The van der Waals surface area contributed by atoms with Gasteiger partial charge in [0.2, 0.25) is 0 Å². The van der Waals surface area contributed by atoms with Gasteiger partial charge in [-0.3, -0.25) is 4.98 Å².